The van der Waals surface area contributed by atoms with Crippen LogP contribution >= 0.6 is 0 Å². The van der Waals surface area contributed by atoms with E-state index in [1.807, 2.05) is 44.3 Å². The van der Waals surface area contributed by atoms with Gasteiger partial charge in [-0.3, -0.25) is 9.59 Å². The lowest BCUT2D eigenvalue weighted by molar-refractivity contribution is 0.0846. The molecule has 11 heteroatoms. The van der Waals surface area contributed by atoms with Crippen molar-refractivity contribution in [3.8, 4) is 11.1 Å². The van der Waals surface area contributed by atoms with Crippen LogP contribution in [0.2, 0.25) is 0 Å². The van der Waals surface area contributed by atoms with Gasteiger partial charge in [0.05, 0.1) is 0 Å². The third kappa shape index (κ3) is 8.13. The summed E-state index contributed by atoms with van der Waals surface area (Å²) in [5.41, 5.74) is 6.48. The number of ether oxygens (including phenoxy) is 1. The maximum atomic E-state index is 13.9. The van der Waals surface area contributed by atoms with E-state index in [9.17, 15) is 14.4 Å². The van der Waals surface area contributed by atoms with Crippen LogP contribution in [0, 0.1) is 13.8 Å². The SMILES string of the molecule is CCCc1cc(C)[nH]c(=O)c1CNC(=O)c1cc(-c2ccc(N3CCC(NC(=O)O)CC3)nc2)cc(N(CC)C2CCOCC2)c1C. The molecule has 0 spiro atoms. The number of nitrogens with zero attached hydrogens (tertiary/aromatic N) is 3. The van der Waals surface area contributed by atoms with Crippen LogP contribution in [0.1, 0.15) is 78.7 Å². The molecule has 0 bridgehead atoms. The number of rotatable bonds is 11. The smallest absolute Gasteiger partial charge is 0.404 e. The Balaban J connectivity index is 1.44. The first-order chi connectivity index (χ1) is 22.7. The second kappa shape index (κ2) is 15.5. The van der Waals surface area contributed by atoms with Gasteiger partial charge in [0, 0.05) is 85.7 Å². The number of carboxylic acid groups (broad SMARTS) is 1. The fraction of sp³-hybridized carbons (Fsp3) is 0.500. The van der Waals surface area contributed by atoms with Crippen LogP contribution in [-0.2, 0) is 17.7 Å². The molecule has 2 amide bonds. The minimum absolute atomic E-state index is 0.0431. The molecule has 4 heterocycles. The molecule has 0 radical (unpaired) electrons. The molecule has 3 aromatic rings. The molecule has 11 nitrogen and oxygen atoms in total. The molecule has 2 aromatic heterocycles. The summed E-state index contributed by atoms with van der Waals surface area (Å²) in [5.74, 6) is 0.620. The van der Waals surface area contributed by atoms with E-state index in [4.69, 9.17) is 14.8 Å². The Morgan fingerprint density at radius 2 is 1.81 bits per heavy atom. The van der Waals surface area contributed by atoms with Crippen LogP contribution in [0.3, 0.4) is 0 Å². The highest BCUT2D eigenvalue weighted by Crippen LogP contribution is 2.34. The number of carbonyl (C=O) groups is 2. The van der Waals surface area contributed by atoms with E-state index in [0.29, 0.717) is 30.4 Å². The molecule has 5 rings (SSSR count). The van der Waals surface area contributed by atoms with E-state index >= 15 is 0 Å². The summed E-state index contributed by atoms with van der Waals surface area (Å²) in [4.78, 5) is 50.1. The molecule has 4 N–H and O–H groups in total. The van der Waals surface area contributed by atoms with Crippen LogP contribution in [0.5, 0.6) is 0 Å². The maximum absolute atomic E-state index is 13.9. The van der Waals surface area contributed by atoms with Crippen LogP contribution < -0.4 is 26.0 Å². The molecule has 2 fully saturated rings. The third-order valence-corrected chi connectivity index (χ3v) is 9.44. The Morgan fingerprint density at radius 3 is 2.45 bits per heavy atom. The predicted molar refractivity (Wildman–Crippen MR) is 185 cm³/mol. The van der Waals surface area contributed by atoms with Crippen molar-refractivity contribution in [1.82, 2.24) is 20.6 Å². The standard InChI is InChI=1S/C36H48N6O5/c1-5-7-25-18-23(3)39-35(44)31(25)22-38-34(43)30-19-27(20-32(24(30)4)42(6-2)29-12-16-47-17-13-29)26-8-9-33(37-21-26)41-14-10-28(11-15-41)40-36(45)46/h8-9,18-21,28-29,40H,5-7,10-17,22H2,1-4H3,(H,38,43)(H,39,44)(H,45,46). The Hall–Kier alpha value is -4.38. The van der Waals surface area contributed by atoms with E-state index in [1.54, 1.807) is 0 Å². The summed E-state index contributed by atoms with van der Waals surface area (Å²) in [6, 6.07) is 10.4. The molecule has 2 aliphatic heterocycles. The van der Waals surface area contributed by atoms with E-state index in [1.165, 1.54) is 0 Å². The third-order valence-electron chi connectivity index (χ3n) is 9.44. The number of hydrogen-bond donors (Lipinski definition) is 4. The number of aromatic nitrogens is 2. The summed E-state index contributed by atoms with van der Waals surface area (Å²) in [6.07, 6.45) is 5.83. The monoisotopic (exact) mass is 644 g/mol. The van der Waals surface area contributed by atoms with Crippen molar-refractivity contribution in [2.45, 2.75) is 84.8 Å². The normalized spacial score (nSPS) is 15.8. The summed E-state index contributed by atoms with van der Waals surface area (Å²) >= 11 is 0. The lowest BCUT2D eigenvalue weighted by Crippen LogP contribution is -2.44. The van der Waals surface area contributed by atoms with Gasteiger partial charge in [-0.25, -0.2) is 9.78 Å². The Morgan fingerprint density at radius 1 is 1.06 bits per heavy atom. The molecule has 0 unspecified atom stereocenters. The minimum Gasteiger partial charge on any atom is -0.465 e. The number of hydrogen-bond acceptors (Lipinski definition) is 7. The van der Waals surface area contributed by atoms with Gasteiger partial charge in [-0.1, -0.05) is 13.3 Å². The minimum atomic E-state index is -0.986. The van der Waals surface area contributed by atoms with Crippen molar-refractivity contribution < 1.29 is 19.4 Å². The molecular weight excluding hydrogens is 596 g/mol. The number of amides is 2. The Labute approximate surface area is 276 Å². The van der Waals surface area contributed by atoms with Crippen molar-refractivity contribution in [2.75, 3.05) is 42.6 Å². The first-order valence-electron chi connectivity index (χ1n) is 16.9. The summed E-state index contributed by atoms with van der Waals surface area (Å²) in [7, 11) is 0. The van der Waals surface area contributed by atoms with Gasteiger partial charge < -0.3 is 35.3 Å². The highest BCUT2D eigenvalue weighted by molar-refractivity contribution is 5.99. The van der Waals surface area contributed by atoms with Gasteiger partial charge in [0.15, 0.2) is 0 Å². The van der Waals surface area contributed by atoms with Gasteiger partial charge in [-0.2, -0.15) is 0 Å². The second-order valence-electron chi connectivity index (χ2n) is 12.6. The highest BCUT2D eigenvalue weighted by Gasteiger charge is 2.26. The first kappa shape index (κ1) is 34.0. The maximum Gasteiger partial charge on any atom is 0.404 e. The molecule has 47 heavy (non-hydrogen) atoms. The largest absolute Gasteiger partial charge is 0.465 e. The number of piperidine rings is 1. The number of carbonyl (C=O) groups excluding carboxylic acids is 1. The number of benzene rings is 1. The number of anilines is 2. The molecule has 0 aliphatic carbocycles. The fourth-order valence-electron chi connectivity index (χ4n) is 6.93. The summed E-state index contributed by atoms with van der Waals surface area (Å²) in [5, 5.41) is 14.7. The van der Waals surface area contributed by atoms with Gasteiger partial charge >= 0.3 is 6.09 Å². The number of aromatic amines is 1. The molecule has 2 saturated heterocycles. The van der Waals surface area contributed by atoms with Crippen LogP contribution in [0.25, 0.3) is 11.1 Å². The van der Waals surface area contributed by atoms with Crippen molar-refractivity contribution >= 4 is 23.5 Å². The lowest BCUT2D eigenvalue weighted by Gasteiger charge is -2.37. The number of aryl methyl sites for hydroxylation is 2. The Kier molecular flexibility index (Phi) is 11.2. The predicted octanol–water partition coefficient (Wildman–Crippen LogP) is 5.18. The molecule has 0 atom stereocenters. The van der Waals surface area contributed by atoms with Crippen molar-refractivity contribution in [2.24, 2.45) is 0 Å². The summed E-state index contributed by atoms with van der Waals surface area (Å²) < 4.78 is 5.66. The zero-order chi connectivity index (χ0) is 33.5. The van der Waals surface area contributed by atoms with Crippen LogP contribution in [-0.4, -0.2) is 72.0 Å². The molecular formula is C36H48N6O5. The van der Waals surface area contributed by atoms with Crippen molar-refractivity contribution in [1.29, 1.82) is 0 Å². The summed E-state index contributed by atoms with van der Waals surface area (Å²) in [6.45, 7) is 11.9. The molecule has 252 valence electrons. The van der Waals surface area contributed by atoms with E-state index < -0.39 is 6.09 Å². The lowest BCUT2D eigenvalue weighted by atomic mass is 9.95. The fourth-order valence-corrected chi connectivity index (χ4v) is 6.93. The average Bonchev–Trinajstić information content (AvgIpc) is 3.06. The number of H-pyrrole nitrogens is 1. The quantitative estimate of drug-likeness (QED) is 0.224. The topological polar surface area (TPSA) is 140 Å². The zero-order valence-corrected chi connectivity index (χ0v) is 28.0. The van der Waals surface area contributed by atoms with E-state index in [2.05, 4.69) is 45.3 Å². The van der Waals surface area contributed by atoms with Crippen molar-refractivity contribution in [3.05, 3.63) is 74.8 Å². The van der Waals surface area contributed by atoms with Gasteiger partial charge in [-0.15, -0.1) is 0 Å². The molecule has 0 saturated carbocycles. The van der Waals surface area contributed by atoms with E-state index in [0.717, 1.165) is 97.6 Å². The van der Waals surface area contributed by atoms with Gasteiger partial charge in [0.1, 0.15) is 5.82 Å². The van der Waals surface area contributed by atoms with Crippen LogP contribution in [0.15, 0.2) is 41.3 Å². The second-order valence-corrected chi connectivity index (χ2v) is 12.6. The van der Waals surface area contributed by atoms with E-state index in [-0.39, 0.29) is 24.1 Å². The highest BCUT2D eigenvalue weighted by atomic mass is 16.5. The van der Waals surface area contributed by atoms with Gasteiger partial charge in [-0.05, 0) is 99.9 Å². The molecule has 2 aliphatic rings. The number of nitrogens with one attached hydrogen (secondary N) is 3. The first-order valence-corrected chi connectivity index (χ1v) is 16.9. The number of pyridine rings is 2. The Bertz CT molecular complexity index is 1610. The van der Waals surface area contributed by atoms with Gasteiger partial charge in [0.2, 0.25) is 0 Å². The van der Waals surface area contributed by atoms with Gasteiger partial charge in [0.25, 0.3) is 11.5 Å². The molecule has 1 aromatic carbocycles. The average molecular weight is 645 g/mol. The zero-order valence-electron chi connectivity index (χ0n) is 28.0. The van der Waals surface area contributed by atoms with Crippen molar-refractivity contribution in [3.63, 3.8) is 0 Å². The van der Waals surface area contributed by atoms with Crippen LogP contribution in [0.4, 0.5) is 16.3 Å².